The van der Waals surface area contributed by atoms with Crippen molar-refractivity contribution in [3.8, 4) is 0 Å². The molecule has 0 aliphatic carbocycles. The highest BCUT2D eigenvalue weighted by atomic mass is 32.2. The summed E-state index contributed by atoms with van der Waals surface area (Å²) in [5.74, 6) is 0. The Morgan fingerprint density at radius 2 is 2.15 bits per heavy atom. The van der Waals surface area contributed by atoms with Crippen LogP contribution in [0.1, 0.15) is 5.56 Å². The molecule has 1 atom stereocenters. The summed E-state index contributed by atoms with van der Waals surface area (Å²) in [5, 5.41) is 19.9. The van der Waals surface area contributed by atoms with E-state index in [-0.39, 0.29) is 22.8 Å². The van der Waals surface area contributed by atoms with Crippen molar-refractivity contribution in [3.05, 3.63) is 33.9 Å². The number of hydrogen-bond acceptors (Lipinski definition) is 6. The lowest BCUT2D eigenvalue weighted by Gasteiger charge is -2.16. The molecular weight excluding hydrogens is 288 g/mol. The van der Waals surface area contributed by atoms with E-state index in [4.69, 9.17) is 9.84 Å². The fourth-order valence-electron chi connectivity index (χ4n) is 1.70. The van der Waals surface area contributed by atoms with Gasteiger partial charge in [-0.1, -0.05) is 6.07 Å². The Bertz CT molecular complexity index is 587. The van der Waals surface area contributed by atoms with Crippen LogP contribution in [0.15, 0.2) is 23.1 Å². The number of nitrogens with one attached hydrogen (secondary N) is 1. The number of nitro groups is 1. The molecule has 0 fully saturated rings. The Morgan fingerprint density at radius 3 is 2.65 bits per heavy atom. The first-order valence-corrected chi connectivity index (χ1v) is 7.18. The number of methoxy groups -OCH3 is 1. The van der Waals surface area contributed by atoms with E-state index in [9.17, 15) is 18.5 Å². The van der Waals surface area contributed by atoms with E-state index in [0.29, 0.717) is 0 Å². The topological polar surface area (TPSA) is 119 Å². The smallest absolute Gasteiger partial charge is 0.273 e. The average Bonchev–Trinajstić information content (AvgIpc) is 2.37. The van der Waals surface area contributed by atoms with Crippen LogP contribution in [0.4, 0.5) is 5.69 Å². The van der Waals surface area contributed by atoms with E-state index >= 15 is 0 Å². The molecule has 1 aromatic carbocycles. The number of benzene rings is 1. The minimum Gasteiger partial charge on any atom is -0.395 e. The summed E-state index contributed by atoms with van der Waals surface area (Å²) in [7, 11) is -2.60. The molecule has 0 saturated carbocycles. The van der Waals surface area contributed by atoms with E-state index in [1.165, 1.54) is 32.2 Å². The van der Waals surface area contributed by atoms with Crippen molar-refractivity contribution in [3.63, 3.8) is 0 Å². The van der Waals surface area contributed by atoms with E-state index in [0.717, 1.165) is 0 Å². The second-order valence-electron chi connectivity index (χ2n) is 4.11. The monoisotopic (exact) mass is 304 g/mol. The van der Waals surface area contributed by atoms with Crippen molar-refractivity contribution in [1.29, 1.82) is 0 Å². The molecule has 0 spiro atoms. The maximum absolute atomic E-state index is 12.2. The zero-order valence-electron chi connectivity index (χ0n) is 11.1. The summed E-state index contributed by atoms with van der Waals surface area (Å²) in [5.41, 5.74) is -0.237. The second kappa shape index (κ2) is 6.75. The number of aliphatic hydroxyl groups is 1. The van der Waals surface area contributed by atoms with Gasteiger partial charge in [-0.05, 0) is 13.0 Å². The Balaban J connectivity index is 3.16. The van der Waals surface area contributed by atoms with Gasteiger partial charge in [0.05, 0.1) is 29.1 Å². The molecule has 1 aromatic rings. The Labute approximate surface area is 116 Å². The maximum Gasteiger partial charge on any atom is 0.273 e. The molecule has 2 N–H and O–H groups in total. The quantitative estimate of drug-likeness (QED) is 0.548. The lowest BCUT2D eigenvalue weighted by Crippen LogP contribution is -2.40. The normalized spacial score (nSPS) is 13.2. The highest BCUT2D eigenvalue weighted by Gasteiger charge is 2.25. The van der Waals surface area contributed by atoms with Crippen LogP contribution in [0.5, 0.6) is 0 Å². The van der Waals surface area contributed by atoms with Gasteiger partial charge < -0.3 is 9.84 Å². The molecule has 0 radical (unpaired) electrons. The lowest BCUT2D eigenvalue weighted by molar-refractivity contribution is -0.385. The van der Waals surface area contributed by atoms with Gasteiger partial charge in [0.2, 0.25) is 10.0 Å². The van der Waals surface area contributed by atoms with Crippen molar-refractivity contribution in [1.82, 2.24) is 4.72 Å². The molecular formula is C11H16N2O6S. The summed E-state index contributed by atoms with van der Waals surface area (Å²) in [6.45, 7) is 0.904. The minimum absolute atomic E-state index is 0.0102. The SMILES string of the molecule is COCC(CO)NS(=O)(=O)c1cccc([N+](=O)[O-])c1C. The third-order valence-electron chi connectivity index (χ3n) is 2.65. The van der Waals surface area contributed by atoms with Gasteiger partial charge in [0, 0.05) is 18.7 Å². The average molecular weight is 304 g/mol. The number of nitrogens with zero attached hydrogens (tertiary/aromatic N) is 1. The number of sulfonamides is 1. The largest absolute Gasteiger partial charge is 0.395 e. The fraction of sp³-hybridized carbons (Fsp3) is 0.455. The summed E-state index contributed by atoms with van der Waals surface area (Å²) in [6, 6.07) is 2.98. The number of nitro benzene ring substituents is 1. The molecule has 112 valence electrons. The third-order valence-corrected chi connectivity index (χ3v) is 4.32. The van der Waals surface area contributed by atoms with Crippen LogP contribution in [0.25, 0.3) is 0 Å². The van der Waals surface area contributed by atoms with Gasteiger partial charge in [-0.2, -0.15) is 0 Å². The summed E-state index contributed by atoms with van der Waals surface area (Å²) in [6.07, 6.45) is 0. The van der Waals surface area contributed by atoms with E-state index in [1.807, 2.05) is 0 Å². The van der Waals surface area contributed by atoms with Crippen molar-refractivity contribution in [2.45, 2.75) is 17.9 Å². The highest BCUT2D eigenvalue weighted by Crippen LogP contribution is 2.24. The second-order valence-corrected chi connectivity index (χ2v) is 5.80. The molecule has 20 heavy (non-hydrogen) atoms. The van der Waals surface area contributed by atoms with Gasteiger partial charge in [0.1, 0.15) is 0 Å². The van der Waals surface area contributed by atoms with Gasteiger partial charge in [0.15, 0.2) is 0 Å². The lowest BCUT2D eigenvalue weighted by atomic mass is 10.2. The predicted molar refractivity (Wildman–Crippen MR) is 70.9 cm³/mol. The zero-order chi connectivity index (χ0) is 15.3. The van der Waals surface area contributed by atoms with Crippen molar-refractivity contribution < 1.29 is 23.2 Å². The van der Waals surface area contributed by atoms with Crippen molar-refractivity contribution >= 4 is 15.7 Å². The minimum atomic E-state index is -3.97. The van der Waals surface area contributed by atoms with Gasteiger partial charge in [0.25, 0.3) is 5.69 Å². The molecule has 0 aliphatic rings. The first kappa shape index (κ1) is 16.5. The Kier molecular flexibility index (Phi) is 5.57. The van der Waals surface area contributed by atoms with Crippen LogP contribution < -0.4 is 4.72 Å². The predicted octanol–water partition coefficient (Wildman–Crippen LogP) is 0.189. The van der Waals surface area contributed by atoms with Gasteiger partial charge in [-0.25, -0.2) is 13.1 Å². The van der Waals surface area contributed by atoms with Crippen LogP contribution in [0.2, 0.25) is 0 Å². The molecule has 8 nitrogen and oxygen atoms in total. The maximum atomic E-state index is 12.2. The van der Waals surface area contributed by atoms with Crippen LogP contribution >= 0.6 is 0 Å². The van der Waals surface area contributed by atoms with E-state index < -0.39 is 27.6 Å². The van der Waals surface area contributed by atoms with Crippen LogP contribution in [0, 0.1) is 17.0 Å². The van der Waals surface area contributed by atoms with Crippen molar-refractivity contribution in [2.75, 3.05) is 20.3 Å². The third kappa shape index (κ3) is 3.73. The molecule has 1 rings (SSSR count). The Morgan fingerprint density at radius 1 is 1.50 bits per heavy atom. The molecule has 9 heteroatoms. The zero-order valence-corrected chi connectivity index (χ0v) is 11.9. The van der Waals surface area contributed by atoms with Crippen LogP contribution in [-0.2, 0) is 14.8 Å². The molecule has 0 heterocycles. The Hall–Kier alpha value is -1.55. The van der Waals surface area contributed by atoms with Crippen LogP contribution in [0.3, 0.4) is 0 Å². The highest BCUT2D eigenvalue weighted by molar-refractivity contribution is 7.89. The van der Waals surface area contributed by atoms with E-state index in [1.54, 1.807) is 0 Å². The van der Waals surface area contributed by atoms with E-state index in [2.05, 4.69) is 4.72 Å². The molecule has 1 unspecified atom stereocenters. The first-order chi connectivity index (χ1) is 9.33. The molecule has 0 aromatic heterocycles. The number of hydrogen-bond donors (Lipinski definition) is 2. The van der Waals surface area contributed by atoms with Crippen LogP contribution in [-0.4, -0.2) is 44.8 Å². The summed E-state index contributed by atoms with van der Waals surface area (Å²) < 4.78 is 31.4. The van der Waals surface area contributed by atoms with Crippen molar-refractivity contribution in [2.24, 2.45) is 0 Å². The molecule has 0 amide bonds. The molecule has 0 bridgehead atoms. The number of ether oxygens (including phenoxy) is 1. The number of rotatable bonds is 7. The van der Waals surface area contributed by atoms with Gasteiger partial charge in [-0.3, -0.25) is 10.1 Å². The summed E-state index contributed by atoms with van der Waals surface area (Å²) in [4.78, 5) is 9.97. The standard InChI is InChI=1S/C11H16N2O6S/c1-8-10(13(15)16)4-3-5-11(8)20(17,18)12-9(6-14)7-19-2/h3-5,9,12,14H,6-7H2,1-2H3. The molecule has 0 saturated heterocycles. The first-order valence-electron chi connectivity index (χ1n) is 5.69. The number of aliphatic hydroxyl groups excluding tert-OH is 1. The summed E-state index contributed by atoms with van der Waals surface area (Å²) >= 11 is 0. The molecule has 0 aliphatic heterocycles. The fourth-order valence-corrected chi connectivity index (χ4v) is 3.17. The van der Waals surface area contributed by atoms with Gasteiger partial charge >= 0.3 is 0 Å². The van der Waals surface area contributed by atoms with Gasteiger partial charge in [-0.15, -0.1) is 0 Å².